The Bertz CT molecular complexity index is 868. The van der Waals surface area contributed by atoms with Crippen LogP contribution in [0.25, 0.3) is 22.3 Å². The number of benzene rings is 2. The lowest BCUT2D eigenvalue weighted by Crippen LogP contribution is -1.95. The molecule has 0 unspecified atom stereocenters. The molecule has 0 amide bonds. The average molecular weight is 398 g/mol. The molecule has 3 aromatic rings. The summed E-state index contributed by atoms with van der Waals surface area (Å²) in [6.07, 6.45) is 0. The molecule has 114 valence electrons. The molecule has 0 aliphatic carbocycles. The van der Waals surface area contributed by atoms with E-state index >= 15 is 0 Å². The van der Waals surface area contributed by atoms with Crippen LogP contribution in [0.5, 0.6) is 0 Å². The number of aryl methyl sites for hydroxylation is 1. The van der Waals surface area contributed by atoms with E-state index < -0.39 is 10.8 Å². The van der Waals surface area contributed by atoms with E-state index in [2.05, 4.69) is 15.9 Å². The molecule has 0 fully saturated rings. The Morgan fingerprint density at radius 1 is 1.23 bits per heavy atom. The van der Waals surface area contributed by atoms with Gasteiger partial charge in [-0.3, -0.25) is 4.21 Å². The molecule has 2 aromatic carbocycles. The van der Waals surface area contributed by atoms with Gasteiger partial charge in [-0.1, -0.05) is 34.5 Å². The lowest BCUT2D eigenvalue weighted by molar-refractivity contribution is 0.620. The molecule has 0 aliphatic rings. The highest BCUT2D eigenvalue weighted by atomic mass is 79.9. The Morgan fingerprint density at radius 3 is 2.55 bits per heavy atom. The molecule has 3 rings (SSSR count). The SMILES string of the molecule is CC[S@@](=O)c1c(-c2ccc(Cl)cc2)oc2c(C)cc(Br)cc12. The number of hydrogen-bond donors (Lipinski definition) is 0. The first-order valence-corrected chi connectivity index (χ1v) is 9.37. The van der Waals surface area contributed by atoms with Gasteiger partial charge in [0, 0.05) is 26.2 Å². The Morgan fingerprint density at radius 2 is 1.91 bits per heavy atom. The van der Waals surface area contributed by atoms with Crippen LogP contribution in [-0.4, -0.2) is 9.96 Å². The number of furan rings is 1. The fourth-order valence-electron chi connectivity index (χ4n) is 2.47. The number of fused-ring (bicyclic) bond motifs is 1. The van der Waals surface area contributed by atoms with Gasteiger partial charge in [-0.2, -0.15) is 0 Å². The van der Waals surface area contributed by atoms with Gasteiger partial charge in [0.15, 0.2) is 5.76 Å². The minimum Gasteiger partial charge on any atom is -0.454 e. The van der Waals surface area contributed by atoms with Crippen LogP contribution < -0.4 is 0 Å². The monoisotopic (exact) mass is 396 g/mol. The zero-order valence-electron chi connectivity index (χ0n) is 12.2. The topological polar surface area (TPSA) is 30.2 Å². The van der Waals surface area contributed by atoms with Gasteiger partial charge < -0.3 is 4.42 Å². The molecule has 2 nitrogen and oxygen atoms in total. The van der Waals surface area contributed by atoms with Gasteiger partial charge in [0.1, 0.15) is 5.58 Å². The fourth-order valence-corrected chi connectivity index (χ4v) is 4.22. The Kier molecular flexibility index (Phi) is 4.44. The quantitative estimate of drug-likeness (QED) is 0.546. The van der Waals surface area contributed by atoms with Crippen LogP contribution in [0.1, 0.15) is 12.5 Å². The van der Waals surface area contributed by atoms with Crippen molar-refractivity contribution in [2.24, 2.45) is 0 Å². The van der Waals surface area contributed by atoms with E-state index in [9.17, 15) is 4.21 Å². The third-order valence-electron chi connectivity index (χ3n) is 3.49. The minimum atomic E-state index is -1.12. The highest BCUT2D eigenvalue weighted by molar-refractivity contribution is 9.10. The zero-order valence-corrected chi connectivity index (χ0v) is 15.3. The van der Waals surface area contributed by atoms with Crippen molar-refractivity contribution in [1.29, 1.82) is 0 Å². The van der Waals surface area contributed by atoms with Gasteiger partial charge in [0.2, 0.25) is 0 Å². The summed E-state index contributed by atoms with van der Waals surface area (Å²) in [5, 5.41) is 1.56. The second-order valence-electron chi connectivity index (χ2n) is 5.00. The molecule has 0 N–H and O–H groups in total. The molecule has 0 saturated heterocycles. The van der Waals surface area contributed by atoms with Crippen LogP contribution in [0.4, 0.5) is 0 Å². The maximum Gasteiger partial charge on any atom is 0.151 e. The summed E-state index contributed by atoms with van der Waals surface area (Å²) in [6, 6.07) is 11.4. The van der Waals surface area contributed by atoms with E-state index in [0.717, 1.165) is 31.5 Å². The van der Waals surface area contributed by atoms with Crippen molar-refractivity contribution in [2.45, 2.75) is 18.7 Å². The van der Waals surface area contributed by atoms with Crippen molar-refractivity contribution in [3.05, 3.63) is 51.5 Å². The average Bonchev–Trinajstić information content (AvgIpc) is 2.87. The summed E-state index contributed by atoms with van der Waals surface area (Å²) in [5.74, 6) is 1.20. The maximum absolute atomic E-state index is 12.6. The molecule has 0 radical (unpaired) electrons. The van der Waals surface area contributed by atoms with E-state index in [1.54, 1.807) is 0 Å². The zero-order chi connectivity index (χ0) is 15.9. The van der Waals surface area contributed by atoms with Gasteiger partial charge in [-0.25, -0.2) is 0 Å². The highest BCUT2D eigenvalue weighted by Crippen LogP contribution is 2.39. The summed E-state index contributed by atoms with van der Waals surface area (Å²) in [7, 11) is -1.12. The van der Waals surface area contributed by atoms with Crippen LogP contribution in [0.15, 0.2) is 50.2 Å². The van der Waals surface area contributed by atoms with Crippen molar-refractivity contribution in [2.75, 3.05) is 5.75 Å². The Labute approximate surface area is 145 Å². The van der Waals surface area contributed by atoms with Crippen molar-refractivity contribution >= 4 is 49.3 Å². The summed E-state index contributed by atoms with van der Waals surface area (Å²) in [6.45, 7) is 3.90. The summed E-state index contributed by atoms with van der Waals surface area (Å²) in [5.41, 5.74) is 2.68. The molecular weight excluding hydrogens is 384 g/mol. The standard InChI is InChI=1S/C17H14BrClO2S/c1-3-22(20)17-14-9-12(18)8-10(2)15(14)21-16(17)11-4-6-13(19)7-5-11/h4-9H,3H2,1-2H3/t22-/m1/s1. The van der Waals surface area contributed by atoms with Gasteiger partial charge in [0.05, 0.1) is 15.7 Å². The molecule has 0 saturated carbocycles. The van der Waals surface area contributed by atoms with Gasteiger partial charge in [0.25, 0.3) is 0 Å². The predicted molar refractivity (Wildman–Crippen MR) is 96.0 cm³/mol. The van der Waals surface area contributed by atoms with Crippen molar-refractivity contribution < 1.29 is 8.63 Å². The molecular formula is C17H14BrClO2S. The molecule has 1 aromatic heterocycles. The summed E-state index contributed by atoms with van der Waals surface area (Å²) < 4.78 is 19.6. The number of hydrogen-bond acceptors (Lipinski definition) is 2. The van der Waals surface area contributed by atoms with E-state index in [4.69, 9.17) is 16.0 Å². The van der Waals surface area contributed by atoms with E-state index in [0.29, 0.717) is 16.5 Å². The maximum atomic E-state index is 12.6. The predicted octanol–water partition coefficient (Wildman–Crippen LogP) is 5.95. The second-order valence-corrected chi connectivity index (χ2v) is 8.03. The molecule has 0 bridgehead atoms. The highest BCUT2D eigenvalue weighted by Gasteiger charge is 2.21. The smallest absolute Gasteiger partial charge is 0.151 e. The first kappa shape index (κ1) is 15.8. The third kappa shape index (κ3) is 2.75. The molecule has 0 spiro atoms. The lowest BCUT2D eigenvalue weighted by atomic mass is 10.1. The summed E-state index contributed by atoms with van der Waals surface area (Å²) in [4.78, 5) is 0.754. The molecule has 5 heteroatoms. The Hall–Kier alpha value is -1.10. The van der Waals surface area contributed by atoms with E-state index in [-0.39, 0.29) is 0 Å². The second kappa shape index (κ2) is 6.19. The van der Waals surface area contributed by atoms with Crippen molar-refractivity contribution in [3.8, 4) is 11.3 Å². The van der Waals surface area contributed by atoms with Crippen LogP contribution in [-0.2, 0) is 10.8 Å². The van der Waals surface area contributed by atoms with Crippen molar-refractivity contribution in [1.82, 2.24) is 0 Å². The fraction of sp³-hybridized carbons (Fsp3) is 0.176. The van der Waals surface area contributed by atoms with Crippen LogP contribution in [0, 0.1) is 6.92 Å². The molecule has 1 heterocycles. The number of halogens is 2. The van der Waals surface area contributed by atoms with Crippen molar-refractivity contribution in [3.63, 3.8) is 0 Å². The third-order valence-corrected chi connectivity index (χ3v) is 5.59. The van der Waals surface area contributed by atoms with Crippen LogP contribution >= 0.6 is 27.5 Å². The van der Waals surface area contributed by atoms with Gasteiger partial charge >= 0.3 is 0 Å². The first-order chi connectivity index (χ1) is 10.5. The number of rotatable bonds is 3. The molecule has 1 atom stereocenters. The van der Waals surface area contributed by atoms with E-state index in [1.165, 1.54) is 0 Å². The molecule has 0 aliphatic heterocycles. The van der Waals surface area contributed by atoms with Gasteiger partial charge in [-0.05, 0) is 48.9 Å². The minimum absolute atomic E-state index is 0.542. The Balaban J connectivity index is 2.36. The van der Waals surface area contributed by atoms with Gasteiger partial charge in [-0.15, -0.1) is 0 Å². The van der Waals surface area contributed by atoms with Crippen LogP contribution in [0.3, 0.4) is 0 Å². The molecule has 22 heavy (non-hydrogen) atoms. The summed E-state index contributed by atoms with van der Waals surface area (Å²) >= 11 is 9.46. The lowest BCUT2D eigenvalue weighted by Gasteiger charge is -2.02. The normalized spacial score (nSPS) is 12.7. The van der Waals surface area contributed by atoms with Crippen LogP contribution in [0.2, 0.25) is 5.02 Å². The first-order valence-electron chi connectivity index (χ1n) is 6.88. The van der Waals surface area contributed by atoms with E-state index in [1.807, 2.05) is 50.2 Å². The largest absolute Gasteiger partial charge is 0.454 e.